The third kappa shape index (κ3) is 6.26. The van der Waals surface area contributed by atoms with Crippen molar-refractivity contribution >= 4 is 11.9 Å². The van der Waals surface area contributed by atoms with Gasteiger partial charge in [0.25, 0.3) is 5.91 Å². The fourth-order valence-corrected chi connectivity index (χ4v) is 3.07. The molecule has 1 saturated heterocycles. The van der Waals surface area contributed by atoms with Crippen LogP contribution in [0.5, 0.6) is 0 Å². The van der Waals surface area contributed by atoms with Gasteiger partial charge in [0.2, 0.25) is 0 Å². The zero-order chi connectivity index (χ0) is 20.2. The summed E-state index contributed by atoms with van der Waals surface area (Å²) in [5.74, 6) is 0.0485. The number of hydrogen-bond acceptors (Lipinski definition) is 2. The van der Waals surface area contributed by atoms with Gasteiger partial charge in [-0.05, 0) is 34.9 Å². The van der Waals surface area contributed by atoms with Gasteiger partial charge in [0.05, 0.1) is 0 Å². The minimum atomic E-state index is -0.0336. The number of rotatable bonds is 2. The highest BCUT2D eigenvalue weighted by molar-refractivity contribution is 5.94. The molecule has 2 rings (SSSR count). The van der Waals surface area contributed by atoms with Gasteiger partial charge < -0.3 is 15.1 Å². The van der Waals surface area contributed by atoms with Gasteiger partial charge in [0.15, 0.2) is 0 Å². The van der Waals surface area contributed by atoms with E-state index in [1.807, 2.05) is 34.1 Å². The van der Waals surface area contributed by atoms with Crippen LogP contribution in [-0.2, 0) is 5.41 Å². The molecular formula is C22H35N3O2. The average molecular weight is 374 g/mol. The molecule has 0 atom stereocenters. The molecule has 1 aromatic carbocycles. The average Bonchev–Trinajstić information content (AvgIpc) is 2.84. The van der Waals surface area contributed by atoms with Crippen LogP contribution in [0.2, 0.25) is 0 Å². The number of hydrogen-bond donors (Lipinski definition) is 1. The summed E-state index contributed by atoms with van der Waals surface area (Å²) in [7, 11) is 0. The van der Waals surface area contributed by atoms with E-state index < -0.39 is 0 Å². The van der Waals surface area contributed by atoms with Crippen LogP contribution in [0.4, 0.5) is 4.79 Å². The second-order valence-electron chi connectivity index (χ2n) is 9.68. The Balaban J connectivity index is 1.95. The molecule has 1 fully saturated rings. The monoisotopic (exact) mass is 373 g/mol. The van der Waals surface area contributed by atoms with E-state index in [0.29, 0.717) is 38.3 Å². The minimum absolute atomic E-state index is 0.0336. The van der Waals surface area contributed by atoms with Crippen molar-refractivity contribution in [3.05, 3.63) is 35.4 Å². The lowest BCUT2D eigenvalue weighted by molar-refractivity contribution is 0.0762. The summed E-state index contributed by atoms with van der Waals surface area (Å²) in [4.78, 5) is 28.9. The predicted molar refractivity (Wildman–Crippen MR) is 110 cm³/mol. The summed E-state index contributed by atoms with van der Waals surface area (Å²) in [5.41, 5.74) is 2.07. The van der Waals surface area contributed by atoms with E-state index in [2.05, 4.69) is 46.9 Å². The number of carbonyl (C=O) groups excluding carboxylic acids is 2. The highest BCUT2D eigenvalue weighted by Crippen LogP contribution is 2.22. The summed E-state index contributed by atoms with van der Waals surface area (Å²) in [6.45, 7) is 15.9. The van der Waals surface area contributed by atoms with Gasteiger partial charge in [0.1, 0.15) is 0 Å². The number of benzene rings is 1. The standard InChI is InChI=1S/C22H35N3O2/c1-21(2,3)16-23-20(27)25-13-7-12-24(14-15-25)19(26)17-8-10-18(11-9-17)22(4,5)6/h8-11H,7,12-16H2,1-6H3,(H,23,27). The van der Waals surface area contributed by atoms with Crippen LogP contribution in [0.15, 0.2) is 24.3 Å². The van der Waals surface area contributed by atoms with Crippen molar-refractivity contribution in [3.63, 3.8) is 0 Å². The summed E-state index contributed by atoms with van der Waals surface area (Å²) in [5, 5.41) is 3.00. The van der Waals surface area contributed by atoms with Gasteiger partial charge >= 0.3 is 6.03 Å². The Hall–Kier alpha value is -2.04. The van der Waals surface area contributed by atoms with E-state index in [0.717, 1.165) is 6.42 Å². The number of urea groups is 1. The third-order valence-corrected chi connectivity index (χ3v) is 4.84. The molecular weight excluding hydrogens is 338 g/mol. The molecule has 1 N–H and O–H groups in total. The first-order valence-electron chi connectivity index (χ1n) is 9.90. The Morgan fingerprint density at radius 3 is 2.00 bits per heavy atom. The van der Waals surface area contributed by atoms with E-state index >= 15 is 0 Å². The molecule has 3 amide bonds. The van der Waals surface area contributed by atoms with Crippen LogP contribution in [-0.4, -0.2) is 54.5 Å². The second-order valence-corrected chi connectivity index (χ2v) is 9.68. The zero-order valence-corrected chi connectivity index (χ0v) is 17.8. The number of nitrogens with one attached hydrogen (secondary N) is 1. The molecule has 5 nitrogen and oxygen atoms in total. The summed E-state index contributed by atoms with van der Waals surface area (Å²) >= 11 is 0. The van der Waals surface area contributed by atoms with Crippen LogP contribution < -0.4 is 5.32 Å². The highest BCUT2D eigenvalue weighted by Gasteiger charge is 2.24. The van der Waals surface area contributed by atoms with Crippen molar-refractivity contribution < 1.29 is 9.59 Å². The van der Waals surface area contributed by atoms with Crippen molar-refractivity contribution in [2.75, 3.05) is 32.7 Å². The Labute approximate surface area is 164 Å². The number of amides is 3. The molecule has 5 heteroatoms. The molecule has 0 saturated carbocycles. The van der Waals surface area contributed by atoms with Crippen LogP contribution in [0.25, 0.3) is 0 Å². The molecule has 150 valence electrons. The molecule has 0 spiro atoms. The van der Waals surface area contributed by atoms with Gasteiger partial charge in [-0.3, -0.25) is 4.79 Å². The Morgan fingerprint density at radius 2 is 1.44 bits per heavy atom. The number of nitrogens with zero attached hydrogens (tertiary/aromatic N) is 2. The van der Waals surface area contributed by atoms with Gasteiger partial charge in [-0.1, -0.05) is 53.7 Å². The van der Waals surface area contributed by atoms with Crippen LogP contribution in [0.1, 0.15) is 63.9 Å². The molecule has 0 radical (unpaired) electrons. The lowest BCUT2D eigenvalue weighted by atomic mass is 9.86. The first kappa shape index (κ1) is 21.3. The van der Waals surface area contributed by atoms with E-state index in [9.17, 15) is 9.59 Å². The molecule has 1 aliphatic heterocycles. The van der Waals surface area contributed by atoms with Crippen molar-refractivity contribution in [2.24, 2.45) is 5.41 Å². The first-order chi connectivity index (χ1) is 12.5. The van der Waals surface area contributed by atoms with Crippen LogP contribution in [0, 0.1) is 5.41 Å². The maximum absolute atomic E-state index is 12.9. The third-order valence-electron chi connectivity index (χ3n) is 4.84. The lowest BCUT2D eigenvalue weighted by Crippen LogP contribution is -2.44. The van der Waals surface area contributed by atoms with Gasteiger partial charge in [0, 0.05) is 38.3 Å². The van der Waals surface area contributed by atoms with Crippen LogP contribution in [0.3, 0.4) is 0 Å². The van der Waals surface area contributed by atoms with E-state index in [4.69, 9.17) is 0 Å². The zero-order valence-electron chi connectivity index (χ0n) is 17.8. The molecule has 1 aromatic rings. The highest BCUT2D eigenvalue weighted by atomic mass is 16.2. The van der Waals surface area contributed by atoms with Crippen molar-refractivity contribution in [2.45, 2.75) is 53.4 Å². The minimum Gasteiger partial charge on any atom is -0.337 e. The van der Waals surface area contributed by atoms with Crippen LogP contribution >= 0.6 is 0 Å². The maximum atomic E-state index is 12.9. The van der Waals surface area contributed by atoms with Crippen molar-refractivity contribution in [1.82, 2.24) is 15.1 Å². The fourth-order valence-electron chi connectivity index (χ4n) is 3.07. The fraction of sp³-hybridized carbons (Fsp3) is 0.636. The molecule has 27 heavy (non-hydrogen) atoms. The Morgan fingerprint density at radius 1 is 0.889 bits per heavy atom. The molecule has 0 aliphatic carbocycles. The summed E-state index contributed by atoms with van der Waals surface area (Å²) in [6, 6.07) is 7.88. The number of carbonyl (C=O) groups is 2. The molecule has 0 unspecified atom stereocenters. The van der Waals surface area contributed by atoms with E-state index in [1.165, 1.54) is 5.56 Å². The Bertz CT molecular complexity index is 654. The van der Waals surface area contributed by atoms with E-state index in [-0.39, 0.29) is 22.8 Å². The predicted octanol–water partition coefficient (Wildman–Crippen LogP) is 3.89. The smallest absolute Gasteiger partial charge is 0.317 e. The SMILES string of the molecule is CC(C)(C)CNC(=O)N1CCCN(C(=O)c2ccc(C(C)(C)C)cc2)CC1. The largest absolute Gasteiger partial charge is 0.337 e. The normalized spacial score (nSPS) is 16.1. The first-order valence-corrected chi connectivity index (χ1v) is 9.90. The van der Waals surface area contributed by atoms with Gasteiger partial charge in [-0.25, -0.2) is 4.79 Å². The van der Waals surface area contributed by atoms with E-state index in [1.54, 1.807) is 0 Å². The molecule has 1 aliphatic rings. The van der Waals surface area contributed by atoms with Crippen molar-refractivity contribution in [3.8, 4) is 0 Å². The lowest BCUT2D eigenvalue weighted by Gasteiger charge is -2.25. The summed E-state index contributed by atoms with van der Waals surface area (Å²) < 4.78 is 0. The quantitative estimate of drug-likeness (QED) is 0.855. The molecule has 0 bridgehead atoms. The summed E-state index contributed by atoms with van der Waals surface area (Å²) in [6.07, 6.45) is 0.800. The Kier molecular flexibility index (Phi) is 6.55. The second kappa shape index (κ2) is 8.32. The van der Waals surface area contributed by atoms with Gasteiger partial charge in [-0.15, -0.1) is 0 Å². The molecule has 0 aromatic heterocycles. The van der Waals surface area contributed by atoms with Gasteiger partial charge in [-0.2, -0.15) is 0 Å². The van der Waals surface area contributed by atoms with Crippen molar-refractivity contribution in [1.29, 1.82) is 0 Å². The maximum Gasteiger partial charge on any atom is 0.317 e. The topological polar surface area (TPSA) is 52.7 Å². The molecule has 1 heterocycles.